The van der Waals surface area contributed by atoms with Gasteiger partial charge in [-0.1, -0.05) is 294 Å². The first-order valence-electron chi connectivity index (χ1n) is 38.5. The Morgan fingerprint density at radius 1 is 0.302 bits per heavy atom. The first-order valence-corrected chi connectivity index (χ1v) is 41.5. The Morgan fingerprint density at radius 3 is 0.854 bits per heavy atom. The molecule has 0 aromatic rings. The molecule has 0 aliphatic heterocycles. The number of unbranched alkanes of at least 4 members (excludes halogenated alkanes) is 37. The molecule has 0 fully saturated rings. The standard InChI is InChI=1S/C77H140O17P2/c1-5-9-13-17-21-25-29-32-33-34-35-36-37-40-43-46-50-54-58-62-75(80)88-68-73(94-77(82)64-60-56-52-48-44-39-31-27-23-19-15-11-7-3)70-92-96(85,86)90-66-71(78)65-89-95(83,84)91-69-72(93-76(81)63-59-55-51-47-41-28-24-20-16-12-8-4)67-87-74(79)61-57-53-49-45-42-38-30-26-22-18-14-10-6-2/h9,13,21,25-26,30,32-33,35-36,71-73,78H,5-8,10-12,14-20,22-24,27-29,31,34,37-70H2,1-4H3,(H,83,84)(H,85,86)/b13-9-,25-21-,30-26-,33-32-,36-35-. The van der Waals surface area contributed by atoms with E-state index in [-0.39, 0.29) is 25.7 Å². The van der Waals surface area contributed by atoms with Gasteiger partial charge < -0.3 is 33.8 Å². The molecule has 0 aromatic carbocycles. The van der Waals surface area contributed by atoms with Gasteiger partial charge in [0.15, 0.2) is 12.2 Å². The minimum Gasteiger partial charge on any atom is -0.462 e. The molecule has 0 aromatic heterocycles. The van der Waals surface area contributed by atoms with Crippen LogP contribution in [0.25, 0.3) is 0 Å². The van der Waals surface area contributed by atoms with Crippen molar-refractivity contribution in [1.82, 2.24) is 0 Å². The molecule has 96 heavy (non-hydrogen) atoms. The number of esters is 4. The van der Waals surface area contributed by atoms with Crippen molar-refractivity contribution in [2.24, 2.45) is 0 Å². The number of carbonyl (C=O) groups excluding carboxylic acids is 4. The van der Waals surface area contributed by atoms with Gasteiger partial charge in [0.2, 0.25) is 0 Å². The Labute approximate surface area is 584 Å². The van der Waals surface area contributed by atoms with E-state index in [0.29, 0.717) is 25.7 Å². The van der Waals surface area contributed by atoms with Crippen molar-refractivity contribution in [2.75, 3.05) is 39.6 Å². The maximum atomic E-state index is 13.1. The molecule has 0 aliphatic carbocycles. The molecule has 0 radical (unpaired) electrons. The van der Waals surface area contributed by atoms with E-state index < -0.39 is 97.5 Å². The van der Waals surface area contributed by atoms with E-state index in [1.54, 1.807) is 0 Å². The summed E-state index contributed by atoms with van der Waals surface area (Å²) >= 11 is 0. The molecule has 0 heterocycles. The second kappa shape index (κ2) is 70.2. The van der Waals surface area contributed by atoms with Crippen molar-refractivity contribution in [3.63, 3.8) is 0 Å². The summed E-state index contributed by atoms with van der Waals surface area (Å²) in [6.45, 7) is 4.77. The monoisotopic (exact) mass is 1400 g/mol. The van der Waals surface area contributed by atoms with Gasteiger partial charge in [-0.15, -0.1) is 0 Å². The first-order chi connectivity index (χ1) is 46.7. The molecular formula is C77H140O17P2. The van der Waals surface area contributed by atoms with Crippen LogP contribution in [0, 0.1) is 0 Å². The van der Waals surface area contributed by atoms with Gasteiger partial charge in [0.05, 0.1) is 26.4 Å². The Hall–Kier alpha value is -3.24. The molecule has 19 heteroatoms. The van der Waals surface area contributed by atoms with Gasteiger partial charge in [0, 0.05) is 25.7 Å². The van der Waals surface area contributed by atoms with E-state index in [4.69, 9.17) is 37.0 Å². The van der Waals surface area contributed by atoms with Crippen LogP contribution in [0.2, 0.25) is 0 Å². The van der Waals surface area contributed by atoms with E-state index in [9.17, 15) is 43.2 Å². The number of allylic oxidation sites excluding steroid dienone is 10. The number of hydrogen-bond donors (Lipinski definition) is 3. The molecule has 17 nitrogen and oxygen atoms in total. The predicted octanol–water partition coefficient (Wildman–Crippen LogP) is 21.9. The quantitative estimate of drug-likeness (QED) is 0.0169. The molecule has 5 atom stereocenters. The van der Waals surface area contributed by atoms with Crippen LogP contribution in [0.4, 0.5) is 0 Å². The topological polar surface area (TPSA) is 237 Å². The molecule has 560 valence electrons. The number of carbonyl (C=O) groups is 4. The average molecular weight is 1400 g/mol. The highest BCUT2D eigenvalue weighted by Gasteiger charge is 2.30. The average Bonchev–Trinajstić information content (AvgIpc) is 1.17. The molecule has 0 saturated carbocycles. The number of phosphoric acid groups is 2. The Kier molecular flexibility index (Phi) is 67.8. The van der Waals surface area contributed by atoms with Crippen LogP contribution in [0.15, 0.2) is 60.8 Å². The van der Waals surface area contributed by atoms with E-state index in [1.165, 1.54) is 116 Å². The fourth-order valence-corrected chi connectivity index (χ4v) is 12.2. The lowest BCUT2D eigenvalue weighted by atomic mass is 10.0. The maximum Gasteiger partial charge on any atom is 0.472 e. The number of ether oxygens (including phenoxy) is 4. The van der Waals surface area contributed by atoms with Crippen LogP contribution < -0.4 is 0 Å². The van der Waals surface area contributed by atoms with E-state index in [1.807, 2.05) is 0 Å². The number of aliphatic hydroxyl groups is 1. The van der Waals surface area contributed by atoms with Crippen LogP contribution in [-0.2, 0) is 65.4 Å². The van der Waals surface area contributed by atoms with Crippen molar-refractivity contribution < 1.29 is 80.2 Å². The summed E-state index contributed by atoms with van der Waals surface area (Å²) in [5.41, 5.74) is 0. The van der Waals surface area contributed by atoms with Crippen molar-refractivity contribution in [3.8, 4) is 0 Å². The largest absolute Gasteiger partial charge is 0.472 e. The van der Waals surface area contributed by atoms with E-state index in [0.717, 1.165) is 154 Å². The highest BCUT2D eigenvalue weighted by atomic mass is 31.2. The molecule has 3 N–H and O–H groups in total. The van der Waals surface area contributed by atoms with Crippen molar-refractivity contribution in [3.05, 3.63) is 60.8 Å². The van der Waals surface area contributed by atoms with Crippen LogP contribution >= 0.6 is 15.6 Å². The predicted molar refractivity (Wildman–Crippen MR) is 390 cm³/mol. The number of phosphoric ester groups is 2. The van der Waals surface area contributed by atoms with Gasteiger partial charge >= 0.3 is 39.5 Å². The first kappa shape index (κ1) is 92.8. The molecule has 0 rings (SSSR count). The zero-order chi connectivity index (χ0) is 70.4. The minimum atomic E-state index is -4.97. The van der Waals surface area contributed by atoms with Crippen LogP contribution in [0.1, 0.15) is 349 Å². The second-order valence-electron chi connectivity index (χ2n) is 25.9. The molecule has 5 unspecified atom stereocenters. The van der Waals surface area contributed by atoms with E-state index in [2.05, 4.69) is 88.5 Å². The highest BCUT2D eigenvalue weighted by molar-refractivity contribution is 7.47. The van der Waals surface area contributed by atoms with Crippen LogP contribution in [-0.4, -0.2) is 96.7 Å². The van der Waals surface area contributed by atoms with Gasteiger partial charge in [-0.05, 0) is 89.9 Å². The summed E-state index contributed by atoms with van der Waals surface area (Å²) in [6, 6.07) is 0. The molecule has 0 bridgehead atoms. The van der Waals surface area contributed by atoms with Crippen LogP contribution in [0.5, 0.6) is 0 Å². The van der Waals surface area contributed by atoms with Gasteiger partial charge in [0.1, 0.15) is 19.3 Å². The van der Waals surface area contributed by atoms with Gasteiger partial charge in [0.25, 0.3) is 0 Å². The molecule has 0 amide bonds. The zero-order valence-corrected chi connectivity index (χ0v) is 62.8. The highest BCUT2D eigenvalue weighted by Crippen LogP contribution is 2.45. The van der Waals surface area contributed by atoms with Crippen molar-refractivity contribution in [1.29, 1.82) is 0 Å². The maximum absolute atomic E-state index is 13.1. The van der Waals surface area contributed by atoms with Crippen molar-refractivity contribution in [2.45, 2.75) is 367 Å². The van der Waals surface area contributed by atoms with Crippen LogP contribution in [0.3, 0.4) is 0 Å². The smallest absolute Gasteiger partial charge is 0.462 e. The third kappa shape index (κ3) is 69.2. The third-order valence-corrected chi connectivity index (χ3v) is 18.4. The number of hydrogen-bond acceptors (Lipinski definition) is 15. The summed E-state index contributed by atoms with van der Waals surface area (Å²) in [4.78, 5) is 72.8. The fraction of sp³-hybridized carbons (Fsp3) is 0.818. The molecular weight excluding hydrogens is 1260 g/mol. The fourth-order valence-electron chi connectivity index (χ4n) is 10.6. The van der Waals surface area contributed by atoms with Gasteiger partial charge in [-0.25, -0.2) is 9.13 Å². The summed E-state index contributed by atoms with van der Waals surface area (Å²) in [7, 11) is -9.93. The number of rotatable bonds is 73. The Morgan fingerprint density at radius 2 is 0.542 bits per heavy atom. The normalized spacial score (nSPS) is 14.3. The lowest BCUT2D eigenvalue weighted by molar-refractivity contribution is -0.161. The molecule has 0 spiro atoms. The molecule has 0 saturated heterocycles. The summed E-state index contributed by atoms with van der Waals surface area (Å²) in [5.74, 6) is -2.17. The molecule has 0 aliphatic rings. The minimum absolute atomic E-state index is 0.0977. The van der Waals surface area contributed by atoms with E-state index >= 15 is 0 Å². The second-order valence-corrected chi connectivity index (χ2v) is 28.8. The van der Waals surface area contributed by atoms with Gasteiger partial charge in [-0.2, -0.15) is 0 Å². The zero-order valence-electron chi connectivity index (χ0n) is 61.1. The van der Waals surface area contributed by atoms with Gasteiger partial charge in [-0.3, -0.25) is 37.3 Å². The summed E-state index contributed by atoms with van der Waals surface area (Å²) in [5, 5.41) is 10.6. The van der Waals surface area contributed by atoms with Crippen molar-refractivity contribution >= 4 is 39.5 Å². The SMILES string of the molecule is CC/C=C\C/C=C\C/C=C\C/C=C\CCCCCCCCC(=O)OCC(COP(=O)(O)OCC(O)COP(=O)(O)OCC(COC(=O)CCCCCCC/C=C\CCCCCC)OC(=O)CCCCCCCCCCCCC)OC(=O)CCCCCCCCCCCCCCC. The Balaban J connectivity index is 5.28. The lowest BCUT2D eigenvalue weighted by Crippen LogP contribution is -2.30. The summed E-state index contributed by atoms with van der Waals surface area (Å²) in [6.07, 6.45) is 67.8. The lowest BCUT2D eigenvalue weighted by Gasteiger charge is -2.21. The summed E-state index contributed by atoms with van der Waals surface area (Å²) < 4.78 is 68.4. The Bertz CT molecular complexity index is 2060. The number of aliphatic hydroxyl groups excluding tert-OH is 1. The third-order valence-electron chi connectivity index (χ3n) is 16.5.